The Labute approximate surface area is 87.3 Å². The van der Waals surface area contributed by atoms with Crippen LogP contribution in [0.3, 0.4) is 0 Å². The average molecular weight is 211 g/mol. The van der Waals surface area contributed by atoms with Crippen LogP contribution in [0.2, 0.25) is 0 Å². The second kappa shape index (κ2) is 4.65. The Morgan fingerprint density at radius 1 is 1.53 bits per heavy atom. The summed E-state index contributed by atoms with van der Waals surface area (Å²) >= 11 is 0. The lowest BCUT2D eigenvalue weighted by molar-refractivity contribution is -0.114. The Morgan fingerprint density at radius 3 is 2.67 bits per heavy atom. The highest BCUT2D eigenvalue weighted by molar-refractivity contribution is 5.89. The van der Waals surface area contributed by atoms with Crippen LogP contribution in [0.4, 0.5) is 5.69 Å². The standard InChI is InChI=1S/C10H13NO4/c1-6(12)11-8-3-4-10(9(14)5-8)15-7(2)13/h3-5,7,13-14H,1-2H3,(H,11,12). The molecule has 0 radical (unpaired) electrons. The molecule has 1 unspecified atom stereocenters. The Balaban J connectivity index is 2.83. The normalized spacial score (nSPS) is 11.9. The van der Waals surface area contributed by atoms with Crippen molar-refractivity contribution in [3.63, 3.8) is 0 Å². The molecule has 3 N–H and O–H groups in total. The molecule has 0 aliphatic rings. The fraction of sp³-hybridized carbons (Fsp3) is 0.300. The second-order valence-electron chi connectivity index (χ2n) is 3.08. The Morgan fingerprint density at radius 2 is 2.20 bits per heavy atom. The van der Waals surface area contributed by atoms with Crippen LogP contribution in [-0.4, -0.2) is 22.4 Å². The third-order valence-corrected chi connectivity index (χ3v) is 1.58. The molecule has 15 heavy (non-hydrogen) atoms. The van der Waals surface area contributed by atoms with E-state index < -0.39 is 6.29 Å². The van der Waals surface area contributed by atoms with Gasteiger partial charge < -0.3 is 20.3 Å². The average Bonchev–Trinajstić information content (AvgIpc) is 2.08. The minimum Gasteiger partial charge on any atom is -0.504 e. The zero-order valence-electron chi connectivity index (χ0n) is 8.52. The second-order valence-corrected chi connectivity index (χ2v) is 3.08. The molecular formula is C10H13NO4. The Bertz CT molecular complexity index is 362. The lowest BCUT2D eigenvalue weighted by atomic mass is 10.2. The number of nitrogens with one attached hydrogen (secondary N) is 1. The van der Waals surface area contributed by atoms with E-state index in [1.54, 1.807) is 6.07 Å². The number of phenolic OH excluding ortho intramolecular Hbond substituents is 1. The largest absolute Gasteiger partial charge is 0.504 e. The van der Waals surface area contributed by atoms with Crippen LogP contribution in [0.1, 0.15) is 13.8 Å². The van der Waals surface area contributed by atoms with Gasteiger partial charge in [-0.1, -0.05) is 0 Å². The molecule has 0 saturated carbocycles. The predicted octanol–water partition coefficient (Wildman–Crippen LogP) is 1.07. The van der Waals surface area contributed by atoms with Crippen molar-refractivity contribution in [3.8, 4) is 11.5 Å². The number of phenols is 1. The minimum atomic E-state index is -0.998. The summed E-state index contributed by atoms with van der Waals surface area (Å²) in [7, 11) is 0. The molecule has 0 bridgehead atoms. The first-order valence-corrected chi connectivity index (χ1v) is 4.44. The number of carbonyl (C=O) groups excluding carboxylic acids is 1. The zero-order valence-corrected chi connectivity index (χ0v) is 8.52. The zero-order chi connectivity index (χ0) is 11.4. The number of aliphatic hydroxyl groups is 1. The van der Waals surface area contributed by atoms with E-state index in [9.17, 15) is 9.90 Å². The van der Waals surface area contributed by atoms with Gasteiger partial charge in [-0.25, -0.2) is 0 Å². The van der Waals surface area contributed by atoms with E-state index in [0.29, 0.717) is 5.69 Å². The summed E-state index contributed by atoms with van der Waals surface area (Å²) in [5.74, 6) is -0.195. The number of benzene rings is 1. The van der Waals surface area contributed by atoms with Gasteiger partial charge in [0.05, 0.1) is 0 Å². The fourth-order valence-corrected chi connectivity index (χ4v) is 1.08. The highest BCUT2D eigenvalue weighted by Gasteiger charge is 2.06. The Hall–Kier alpha value is -1.75. The molecular weight excluding hydrogens is 198 g/mol. The first kappa shape index (κ1) is 11.3. The van der Waals surface area contributed by atoms with Crippen molar-refractivity contribution in [1.29, 1.82) is 0 Å². The molecule has 5 nitrogen and oxygen atoms in total. The van der Waals surface area contributed by atoms with E-state index >= 15 is 0 Å². The van der Waals surface area contributed by atoms with Crippen molar-refractivity contribution < 1.29 is 19.7 Å². The van der Waals surface area contributed by atoms with Gasteiger partial charge in [0, 0.05) is 18.7 Å². The van der Waals surface area contributed by atoms with Crippen LogP contribution in [0, 0.1) is 0 Å². The van der Waals surface area contributed by atoms with Crippen LogP contribution in [0.5, 0.6) is 11.5 Å². The van der Waals surface area contributed by atoms with E-state index in [4.69, 9.17) is 9.84 Å². The van der Waals surface area contributed by atoms with Crippen molar-refractivity contribution in [3.05, 3.63) is 18.2 Å². The molecule has 0 aliphatic heterocycles. The number of aromatic hydroxyl groups is 1. The SMILES string of the molecule is CC(=O)Nc1ccc(OC(C)O)c(O)c1. The molecule has 0 aliphatic carbocycles. The summed E-state index contributed by atoms with van der Waals surface area (Å²) in [6.07, 6.45) is -0.998. The first-order chi connectivity index (χ1) is 6.99. The van der Waals surface area contributed by atoms with Gasteiger partial charge in [0.1, 0.15) is 0 Å². The van der Waals surface area contributed by atoms with Gasteiger partial charge >= 0.3 is 0 Å². The van der Waals surface area contributed by atoms with Gasteiger partial charge in [-0.05, 0) is 19.1 Å². The number of aliphatic hydroxyl groups excluding tert-OH is 1. The summed E-state index contributed by atoms with van der Waals surface area (Å²) in [5.41, 5.74) is 0.470. The molecule has 1 aromatic carbocycles. The molecule has 82 valence electrons. The third-order valence-electron chi connectivity index (χ3n) is 1.58. The highest BCUT2D eigenvalue weighted by atomic mass is 16.6. The number of ether oxygens (including phenoxy) is 1. The number of hydrogen-bond acceptors (Lipinski definition) is 4. The van der Waals surface area contributed by atoms with E-state index in [2.05, 4.69) is 5.32 Å². The van der Waals surface area contributed by atoms with Crippen molar-refractivity contribution in [2.24, 2.45) is 0 Å². The molecule has 1 amide bonds. The maximum absolute atomic E-state index is 10.7. The molecule has 0 spiro atoms. The lowest BCUT2D eigenvalue weighted by Gasteiger charge is -2.11. The van der Waals surface area contributed by atoms with Gasteiger partial charge in [-0.15, -0.1) is 0 Å². The minimum absolute atomic E-state index is 0.137. The first-order valence-electron chi connectivity index (χ1n) is 4.44. The van der Waals surface area contributed by atoms with Gasteiger partial charge in [-0.2, -0.15) is 0 Å². The predicted molar refractivity (Wildman–Crippen MR) is 54.7 cm³/mol. The molecule has 1 aromatic rings. The summed E-state index contributed by atoms with van der Waals surface area (Å²) in [5, 5.41) is 20.9. The number of anilines is 1. The molecule has 1 rings (SSSR count). The van der Waals surface area contributed by atoms with E-state index in [1.807, 2.05) is 0 Å². The smallest absolute Gasteiger partial charge is 0.221 e. The number of carbonyl (C=O) groups is 1. The van der Waals surface area contributed by atoms with Gasteiger partial charge in [0.15, 0.2) is 17.8 Å². The van der Waals surface area contributed by atoms with E-state index in [0.717, 1.165) is 0 Å². The van der Waals surface area contributed by atoms with Crippen molar-refractivity contribution in [2.45, 2.75) is 20.1 Å². The van der Waals surface area contributed by atoms with Gasteiger partial charge in [0.2, 0.25) is 5.91 Å². The van der Waals surface area contributed by atoms with E-state index in [1.165, 1.54) is 26.0 Å². The fourth-order valence-electron chi connectivity index (χ4n) is 1.08. The van der Waals surface area contributed by atoms with Gasteiger partial charge in [-0.3, -0.25) is 4.79 Å². The van der Waals surface area contributed by atoms with Crippen molar-refractivity contribution >= 4 is 11.6 Å². The van der Waals surface area contributed by atoms with E-state index in [-0.39, 0.29) is 17.4 Å². The van der Waals surface area contributed by atoms with Gasteiger partial charge in [0.25, 0.3) is 0 Å². The van der Waals surface area contributed by atoms with Crippen LogP contribution < -0.4 is 10.1 Å². The van der Waals surface area contributed by atoms with Crippen LogP contribution in [0.25, 0.3) is 0 Å². The number of rotatable bonds is 3. The molecule has 1 atom stereocenters. The third kappa shape index (κ3) is 3.47. The number of hydrogen-bond donors (Lipinski definition) is 3. The number of amides is 1. The molecule has 0 saturated heterocycles. The monoisotopic (exact) mass is 211 g/mol. The molecule has 5 heteroatoms. The lowest BCUT2D eigenvalue weighted by Crippen LogP contribution is -2.10. The Kier molecular flexibility index (Phi) is 3.51. The summed E-state index contributed by atoms with van der Waals surface area (Å²) in [6.45, 7) is 2.80. The van der Waals surface area contributed by atoms with Crippen LogP contribution >= 0.6 is 0 Å². The molecule has 0 heterocycles. The summed E-state index contributed by atoms with van der Waals surface area (Å²) < 4.78 is 4.90. The van der Waals surface area contributed by atoms with Crippen LogP contribution in [0.15, 0.2) is 18.2 Å². The molecule has 0 aromatic heterocycles. The van der Waals surface area contributed by atoms with Crippen molar-refractivity contribution in [1.82, 2.24) is 0 Å². The topological polar surface area (TPSA) is 78.8 Å². The maximum atomic E-state index is 10.7. The maximum Gasteiger partial charge on any atom is 0.221 e. The van der Waals surface area contributed by atoms with Crippen LogP contribution in [-0.2, 0) is 4.79 Å². The summed E-state index contributed by atoms with van der Waals surface area (Å²) in [4.78, 5) is 10.7. The summed E-state index contributed by atoms with van der Waals surface area (Å²) in [6, 6.07) is 4.38. The quantitative estimate of drug-likeness (QED) is 0.653. The molecule has 0 fully saturated rings. The highest BCUT2D eigenvalue weighted by Crippen LogP contribution is 2.29. The van der Waals surface area contributed by atoms with Crippen molar-refractivity contribution in [2.75, 3.05) is 5.32 Å².